The molecular formula is C15H20Cl2N2O2S. The van der Waals surface area contributed by atoms with E-state index in [2.05, 4.69) is 4.90 Å². The maximum Gasteiger partial charge on any atom is 0.217 e. The van der Waals surface area contributed by atoms with E-state index in [1.54, 1.807) is 10.4 Å². The smallest absolute Gasteiger partial charge is 0.217 e. The second kappa shape index (κ2) is 6.65. The maximum atomic E-state index is 12.3. The Morgan fingerprint density at radius 1 is 1.05 bits per heavy atom. The Morgan fingerprint density at radius 2 is 1.82 bits per heavy atom. The van der Waals surface area contributed by atoms with E-state index in [0.717, 1.165) is 44.5 Å². The Balaban J connectivity index is 1.61. The number of halogens is 2. The first-order valence-electron chi connectivity index (χ1n) is 7.62. The van der Waals surface area contributed by atoms with Crippen molar-refractivity contribution < 1.29 is 8.42 Å². The molecule has 0 aromatic heterocycles. The van der Waals surface area contributed by atoms with Gasteiger partial charge in [0.25, 0.3) is 0 Å². The van der Waals surface area contributed by atoms with Crippen LogP contribution in [0.2, 0.25) is 10.0 Å². The fraction of sp³-hybridized carbons (Fsp3) is 0.600. The highest BCUT2D eigenvalue weighted by Gasteiger charge is 2.40. The quantitative estimate of drug-likeness (QED) is 0.826. The van der Waals surface area contributed by atoms with Gasteiger partial charge in [-0.1, -0.05) is 29.3 Å². The van der Waals surface area contributed by atoms with Gasteiger partial charge in [-0.2, -0.15) is 0 Å². The molecule has 1 heterocycles. The predicted octanol–water partition coefficient (Wildman–Crippen LogP) is 2.99. The first-order valence-corrected chi connectivity index (χ1v) is 9.88. The van der Waals surface area contributed by atoms with Crippen LogP contribution in [0.4, 0.5) is 0 Å². The Labute approximate surface area is 142 Å². The Hall–Kier alpha value is -0.330. The molecule has 1 aliphatic carbocycles. The standard InChI is InChI=1S/C15H20Cl2N2O2S/c16-14-5-2-12(10-15(14)17)11-18-6-1-7-19(9-8-18)22(20,21)13-3-4-13/h2,5,10,13H,1,3-4,6-9,11H2. The Bertz CT molecular complexity index is 647. The molecule has 122 valence electrons. The second-order valence-corrected chi connectivity index (χ2v) is 9.05. The number of benzene rings is 1. The van der Waals surface area contributed by atoms with Gasteiger partial charge in [-0.25, -0.2) is 12.7 Å². The lowest BCUT2D eigenvalue weighted by Crippen LogP contribution is -2.37. The fourth-order valence-corrected chi connectivity index (χ4v) is 5.03. The van der Waals surface area contributed by atoms with Crippen LogP contribution in [0.5, 0.6) is 0 Å². The average Bonchev–Trinajstić information content (AvgIpc) is 3.30. The molecule has 22 heavy (non-hydrogen) atoms. The van der Waals surface area contributed by atoms with Gasteiger partial charge in [-0.05, 0) is 43.5 Å². The average molecular weight is 363 g/mol. The Kier molecular flexibility index (Phi) is 5.00. The van der Waals surface area contributed by atoms with Crippen LogP contribution in [-0.4, -0.2) is 49.1 Å². The third-order valence-corrected chi connectivity index (χ3v) is 7.38. The van der Waals surface area contributed by atoms with Gasteiger partial charge in [0.05, 0.1) is 15.3 Å². The van der Waals surface area contributed by atoms with Crippen molar-refractivity contribution in [2.75, 3.05) is 26.2 Å². The van der Waals surface area contributed by atoms with Crippen LogP contribution in [-0.2, 0) is 16.6 Å². The van der Waals surface area contributed by atoms with Gasteiger partial charge in [-0.3, -0.25) is 4.90 Å². The normalized spacial score (nSPS) is 21.7. The molecule has 1 saturated carbocycles. The molecule has 1 aliphatic heterocycles. The van der Waals surface area contributed by atoms with E-state index in [4.69, 9.17) is 23.2 Å². The molecule has 0 unspecified atom stereocenters. The topological polar surface area (TPSA) is 40.6 Å². The van der Waals surface area contributed by atoms with Crippen molar-refractivity contribution in [3.63, 3.8) is 0 Å². The molecule has 0 amide bonds. The van der Waals surface area contributed by atoms with Gasteiger partial charge in [0, 0.05) is 26.2 Å². The van der Waals surface area contributed by atoms with E-state index in [1.807, 2.05) is 12.1 Å². The van der Waals surface area contributed by atoms with Crippen molar-refractivity contribution in [2.24, 2.45) is 0 Å². The summed E-state index contributed by atoms with van der Waals surface area (Å²) in [6.07, 6.45) is 2.52. The molecule has 1 saturated heterocycles. The van der Waals surface area contributed by atoms with E-state index < -0.39 is 10.0 Å². The number of nitrogens with zero attached hydrogens (tertiary/aromatic N) is 2. The molecule has 0 N–H and O–H groups in total. The van der Waals surface area contributed by atoms with Crippen molar-refractivity contribution in [1.82, 2.24) is 9.21 Å². The summed E-state index contributed by atoms with van der Waals surface area (Å²) in [4.78, 5) is 2.28. The van der Waals surface area contributed by atoms with Gasteiger partial charge in [0.2, 0.25) is 10.0 Å². The highest BCUT2D eigenvalue weighted by atomic mass is 35.5. The lowest BCUT2D eigenvalue weighted by Gasteiger charge is -2.21. The predicted molar refractivity (Wildman–Crippen MR) is 89.9 cm³/mol. The van der Waals surface area contributed by atoms with Crippen molar-refractivity contribution in [3.05, 3.63) is 33.8 Å². The zero-order chi connectivity index (χ0) is 15.7. The number of rotatable bonds is 4. The first kappa shape index (κ1) is 16.5. The first-order chi connectivity index (χ1) is 10.5. The molecule has 0 radical (unpaired) electrons. The van der Waals surface area contributed by atoms with Gasteiger partial charge < -0.3 is 0 Å². The summed E-state index contributed by atoms with van der Waals surface area (Å²) in [6.45, 7) is 3.65. The Morgan fingerprint density at radius 3 is 2.50 bits per heavy atom. The summed E-state index contributed by atoms with van der Waals surface area (Å²) >= 11 is 12.0. The molecule has 0 bridgehead atoms. The van der Waals surface area contributed by atoms with Crippen LogP contribution >= 0.6 is 23.2 Å². The third-order valence-electron chi connectivity index (χ3n) is 4.24. The molecule has 0 atom stereocenters. The van der Waals surface area contributed by atoms with Crippen LogP contribution in [0.25, 0.3) is 0 Å². The lowest BCUT2D eigenvalue weighted by atomic mass is 10.2. The van der Waals surface area contributed by atoms with E-state index in [1.165, 1.54) is 0 Å². The van der Waals surface area contributed by atoms with Crippen molar-refractivity contribution in [3.8, 4) is 0 Å². The molecule has 7 heteroatoms. The summed E-state index contributed by atoms with van der Waals surface area (Å²) in [5.74, 6) is 0. The molecular weight excluding hydrogens is 343 g/mol. The minimum absolute atomic E-state index is 0.117. The van der Waals surface area contributed by atoms with Crippen LogP contribution in [0.15, 0.2) is 18.2 Å². The van der Waals surface area contributed by atoms with Crippen LogP contribution in [0, 0.1) is 0 Å². The molecule has 3 rings (SSSR count). The van der Waals surface area contributed by atoms with E-state index in [0.29, 0.717) is 23.1 Å². The van der Waals surface area contributed by atoms with Crippen molar-refractivity contribution in [2.45, 2.75) is 31.1 Å². The second-order valence-electron chi connectivity index (χ2n) is 6.02. The molecule has 2 fully saturated rings. The fourth-order valence-electron chi connectivity index (χ4n) is 2.83. The molecule has 0 spiro atoms. The number of hydrogen-bond acceptors (Lipinski definition) is 3. The van der Waals surface area contributed by atoms with Crippen LogP contribution in [0.1, 0.15) is 24.8 Å². The van der Waals surface area contributed by atoms with E-state index in [-0.39, 0.29) is 5.25 Å². The van der Waals surface area contributed by atoms with E-state index in [9.17, 15) is 8.42 Å². The summed E-state index contributed by atoms with van der Waals surface area (Å²) < 4.78 is 26.3. The van der Waals surface area contributed by atoms with Crippen LogP contribution < -0.4 is 0 Å². The highest BCUT2D eigenvalue weighted by molar-refractivity contribution is 7.90. The number of hydrogen-bond donors (Lipinski definition) is 0. The maximum absolute atomic E-state index is 12.3. The van der Waals surface area contributed by atoms with Gasteiger partial charge in [-0.15, -0.1) is 0 Å². The molecule has 4 nitrogen and oxygen atoms in total. The van der Waals surface area contributed by atoms with Gasteiger partial charge >= 0.3 is 0 Å². The third kappa shape index (κ3) is 3.77. The highest BCUT2D eigenvalue weighted by Crippen LogP contribution is 2.31. The summed E-state index contributed by atoms with van der Waals surface area (Å²) in [7, 11) is -3.05. The van der Waals surface area contributed by atoms with Gasteiger partial charge in [0.15, 0.2) is 0 Å². The minimum atomic E-state index is -3.05. The SMILES string of the molecule is O=S(=O)(C1CC1)N1CCCN(Cc2ccc(Cl)c(Cl)c2)CC1. The summed E-state index contributed by atoms with van der Waals surface area (Å²) in [5.41, 5.74) is 1.10. The monoisotopic (exact) mass is 362 g/mol. The largest absolute Gasteiger partial charge is 0.298 e. The van der Waals surface area contributed by atoms with E-state index >= 15 is 0 Å². The van der Waals surface area contributed by atoms with Gasteiger partial charge in [0.1, 0.15) is 0 Å². The zero-order valence-corrected chi connectivity index (χ0v) is 14.7. The summed E-state index contributed by atoms with van der Waals surface area (Å²) in [5, 5.41) is 1.00. The number of sulfonamides is 1. The van der Waals surface area contributed by atoms with Crippen molar-refractivity contribution in [1.29, 1.82) is 0 Å². The molecule has 1 aromatic rings. The summed E-state index contributed by atoms with van der Waals surface area (Å²) in [6, 6.07) is 5.66. The van der Waals surface area contributed by atoms with Crippen LogP contribution in [0.3, 0.4) is 0 Å². The minimum Gasteiger partial charge on any atom is -0.298 e. The lowest BCUT2D eigenvalue weighted by molar-refractivity contribution is 0.278. The zero-order valence-electron chi connectivity index (χ0n) is 12.3. The molecule has 1 aromatic carbocycles. The van der Waals surface area contributed by atoms with Crippen molar-refractivity contribution >= 4 is 33.2 Å². The molecule has 2 aliphatic rings.